The van der Waals surface area contributed by atoms with E-state index in [0.717, 1.165) is 4.31 Å². The van der Waals surface area contributed by atoms with Gasteiger partial charge in [0.2, 0.25) is 10.0 Å². The molecule has 1 heterocycles. The molecule has 2 rings (SSSR count). The molecule has 0 spiro atoms. The maximum atomic E-state index is 12.5. The van der Waals surface area contributed by atoms with Crippen LogP contribution in [0.25, 0.3) is 0 Å². The summed E-state index contributed by atoms with van der Waals surface area (Å²) in [6.45, 7) is -0.237. The highest BCUT2D eigenvalue weighted by molar-refractivity contribution is 7.89. The van der Waals surface area contributed by atoms with Crippen LogP contribution in [-0.4, -0.2) is 47.6 Å². The van der Waals surface area contributed by atoms with Crippen LogP contribution >= 0.6 is 0 Å². The Morgan fingerprint density at radius 1 is 1.38 bits per heavy atom. The Balaban J connectivity index is 2.33. The number of nitriles is 1. The van der Waals surface area contributed by atoms with Crippen molar-refractivity contribution in [1.29, 1.82) is 5.26 Å². The monoisotopic (exact) mass is 310 g/mol. The van der Waals surface area contributed by atoms with Crippen LogP contribution in [0, 0.1) is 11.3 Å². The second-order valence-corrected chi connectivity index (χ2v) is 6.69. The molecule has 0 radical (unpaired) electrons. The van der Waals surface area contributed by atoms with Crippen molar-refractivity contribution in [3.63, 3.8) is 0 Å². The van der Waals surface area contributed by atoms with Crippen LogP contribution in [0.15, 0.2) is 29.2 Å². The average molecular weight is 310 g/mol. The van der Waals surface area contributed by atoms with Crippen molar-refractivity contribution < 1.29 is 23.4 Å². The largest absolute Gasteiger partial charge is 0.480 e. The van der Waals surface area contributed by atoms with Crippen molar-refractivity contribution in [1.82, 2.24) is 4.31 Å². The Bertz CT molecular complexity index is 678. The van der Waals surface area contributed by atoms with E-state index in [2.05, 4.69) is 0 Å². The number of carboxylic acids is 1. The van der Waals surface area contributed by atoms with Crippen molar-refractivity contribution in [2.24, 2.45) is 0 Å². The number of benzene rings is 1. The number of nitrogens with zero attached hydrogens (tertiary/aromatic N) is 2. The van der Waals surface area contributed by atoms with Gasteiger partial charge in [0.05, 0.1) is 23.5 Å². The third-order valence-electron chi connectivity index (χ3n) is 3.33. The van der Waals surface area contributed by atoms with E-state index in [-0.39, 0.29) is 24.3 Å². The van der Waals surface area contributed by atoms with E-state index >= 15 is 0 Å². The molecule has 112 valence electrons. The Kier molecular flexibility index (Phi) is 4.27. The SMILES string of the molecule is N#CCc1ccc(S(=O)(=O)N2C[C@H](O)C[C@H]2C(=O)O)cc1. The maximum Gasteiger partial charge on any atom is 0.322 e. The Morgan fingerprint density at radius 3 is 2.52 bits per heavy atom. The van der Waals surface area contributed by atoms with Crippen LogP contribution in [0.1, 0.15) is 12.0 Å². The van der Waals surface area contributed by atoms with Gasteiger partial charge in [0, 0.05) is 13.0 Å². The first-order chi connectivity index (χ1) is 9.86. The molecule has 0 saturated carbocycles. The molecule has 1 fully saturated rings. The molecular weight excluding hydrogens is 296 g/mol. The van der Waals surface area contributed by atoms with Gasteiger partial charge in [-0.25, -0.2) is 8.42 Å². The van der Waals surface area contributed by atoms with Gasteiger partial charge in [-0.2, -0.15) is 9.57 Å². The van der Waals surface area contributed by atoms with Crippen molar-refractivity contribution in [2.45, 2.75) is 29.9 Å². The van der Waals surface area contributed by atoms with Gasteiger partial charge in [-0.05, 0) is 17.7 Å². The first-order valence-corrected chi connectivity index (χ1v) is 7.69. The zero-order valence-corrected chi connectivity index (χ0v) is 11.8. The van der Waals surface area contributed by atoms with Crippen molar-refractivity contribution in [3.05, 3.63) is 29.8 Å². The van der Waals surface area contributed by atoms with Gasteiger partial charge in [-0.15, -0.1) is 0 Å². The summed E-state index contributed by atoms with van der Waals surface area (Å²) in [7, 11) is -3.99. The smallest absolute Gasteiger partial charge is 0.322 e. The summed E-state index contributed by atoms with van der Waals surface area (Å²) in [6, 6.07) is 6.40. The van der Waals surface area contributed by atoms with Crippen LogP contribution in [0.5, 0.6) is 0 Å². The molecule has 0 aromatic heterocycles. The number of aliphatic hydroxyl groups is 1. The summed E-state index contributed by atoms with van der Waals surface area (Å²) in [4.78, 5) is 11.1. The normalized spacial score (nSPS) is 22.9. The lowest BCUT2D eigenvalue weighted by Crippen LogP contribution is -2.40. The second-order valence-electron chi connectivity index (χ2n) is 4.80. The molecule has 0 aliphatic carbocycles. The van der Waals surface area contributed by atoms with E-state index in [9.17, 15) is 18.3 Å². The summed E-state index contributed by atoms with van der Waals surface area (Å²) in [6.07, 6.45) is -0.944. The molecule has 1 saturated heterocycles. The molecule has 8 heteroatoms. The quantitative estimate of drug-likeness (QED) is 0.805. The van der Waals surface area contributed by atoms with Crippen molar-refractivity contribution >= 4 is 16.0 Å². The lowest BCUT2D eigenvalue weighted by molar-refractivity contribution is -0.140. The van der Waals surface area contributed by atoms with E-state index < -0.39 is 28.1 Å². The van der Waals surface area contributed by atoms with Crippen molar-refractivity contribution in [2.75, 3.05) is 6.54 Å². The van der Waals surface area contributed by atoms with Crippen LogP contribution in [0.3, 0.4) is 0 Å². The van der Waals surface area contributed by atoms with Gasteiger partial charge in [-0.1, -0.05) is 12.1 Å². The maximum absolute atomic E-state index is 12.5. The molecular formula is C13H14N2O5S. The minimum Gasteiger partial charge on any atom is -0.480 e. The summed E-state index contributed by atoms with van der Waals surface area (Å²) in [5.41, 5.74) is 0.674. The minimum absolute atomic E-state index is 0.0514. The Morgan fingerprint density at radius 2 is 2.00 bits per heavy atom. The average Bonchev–Trinajstić information content (AvgIpc) is 2.83. The standard InChI is InChI=1S/C13H14N2O5S/c14-6-5-9-1-3-11(4-2-9)21(19,20)15-8-10(16)7-12(15)13(17)18/h1-4,10,12,16H,5,7-8H2,(H,17,18)/t10-,12+/m1/s1. The number of aliphatic carboxylic acids is 1. The summed E-state index contributed by atoms with van der Waals surface area (Å²) >= 11 is 0. The summed E-state index contributed by atoms with van der Waals surface area (Å²) < 4.78 is 25.7. The minimum atomic E-state index is -3.99. The first kappa shape index (κ1) is 15.4. The number of hydrogen-bond donors (Lipinski definition) is 2. The fraction of sp³-hybridized carbons (Fsp3) is 0.385. The molecule has 0 unspecified atom stereocenters. The van der Waals surface area contributed by atoms with Gasteiger partial charge in [0.25, 0.3) is 0 Å². The molecule has 2 atom stereocenters. The fourth-order valence-electron chi connectivity index (χ4n) is 2.28. The number of rotatable bonds is 4. The van der Waals surface area contributed by atoms with Gasteiger partial charge in [0.15, 0.2) is 0 Å². The highest BCUT2D eigenvalue weighted by Gasteiger charge is 2.43. The summed E-state index contributed by atoms with van der Waals surface area (Å²) in [5, 5.41) is 27.2. The predicted molar refractivity (Wildman–Crippen MR) is 71.7 cm³/mol. The molecule has 21 heavy (non-hydrogen) atoms. The molecule has 7 nitrogen and oxygen atoms in total. The van der Waals surface area contributed by atoms with Gasteiger partial charge < -0.3 is 10.2 Å². The lowest BCUT2D eigenvalue weighted by atomic mass is 10.2. The highest BCUT2D eigenvalue weighted by Crippen LogP contribution is 2.26. The van der Waals surface area contributed by atoms with Gasteiger partial charge in [-0.3, -0.25) is 4.79 Å². The number of hydrogen-bond acceptors (Lipinski definition) is 5. The zero-order chi connectivity index (χ0) is 15.6. The molecule has 1 aromatic carbocycles. The Hall–Kier alpha value is -1.95. The van der Waals surface area contributed by atoms with Crippen LogP contribution < -0.4 is 0 Å². The van der Waals surface area contributed by atoms with E-state index in [1.54, 1.807) is 0 Å². The zero-order valence-electron chi connectivity index (χ0n) is 11.0. The van der Waals surface area contributed by atoms with E-state index in [0.29, 0.717) is 5.56 Å². The topological polar surface area (TPSA) is 119 Å². The van der Waals surface area contributed by atoms with E-state index in [1.807, 2.05) is 6.07 Å². The lowest BCUT2D eigenvalue weighted by Gasteiger charge is -2.20. The van der Waals surface area contributed by atoms with E-state index in [1.165, 1.54) is 24.3 Å². The highest BCUT2D eigenvalue weighted by atomic mass is 32.2. The Labute approximate surface area is 122 Å². The predicted octanol–water partition coefficient (Wildman–Crippen LogP) is -0.0388. The number of carbonyl (C=O) groups is 1. The number of aliphatic hydroxyl groups excluding tert-OH is 1. The molecule has 1 aliphatic heterocycles. The number of sulfonamides is 1. The number of carboxylic acid groups (broad SMARTS) is 1. The van der Waals surface area contributed by atoms with Gasteiger partial charge >= 0.3 is 5.97 Å². The molecule has 2 N–H and O–H groups in total. The third-order valence-corrected chi connectivity index (χ3v) is 5.22. The molecule has 1 aliphatic rings. The van der Waals surface area contributed by atoms with Crippen LogP contribution in [-0.2, 0) is 21.2 Å². The second kappa shape index (κ2) is 5.81. The van der Waals surface area contributed by atoms with Crippen molar-refractivity contribution in [3.8, 4) is 6.07 Å². The van der Waals surface area contributed by atoms with Gasteiger partial charge in [0.1, 0.15) is 6.04 Å². The molecule has 0 bridgehead atoms. The molecule has 1 aromatic rings. The number of β-amino-alcohol motifs (C(OH)–C–C–N with tert-alkyl or cyclic N) is 1. The van der Waals surface area contributed by atoms with Crippen LogP contribution in [0.2, 0.25) is 0 Å². The van der Waals surface area contributed by atoms with E-state index in [4.69, 9.17) is 10.4 Å². The third kappa shape index (κ3) is 3.05. The fourth-order valence-corrected chi connectivity index (χ4v) is 3.91. The first-order valence-electron chi connectivity index (χ1n) is 6.25. The molecule has 0 amide bonds. The van der Waals surface area contributed by atoms with Crippen LogP contribution in [0.4, 0.5) is 0 Å². The summed E-state index contributed by atoms with van der Waals surface area (Å²) in [5.74, 6) is -1.28.